The number of carbonyl (C=O) groups is 2. The second-order valence-electron chi connectivity index (χ2n) is 3.90. The maximum atomic E-state index is 11.5. The maximum Gasteiger partial charge on any atom is 0.344 e. The molecule has 0 atom stereocenters. The van der Waals surface area contributed by atoms with E-state index in [9.17, 15) is 9.59 Å². The molecule has 0 unspecified atom stereocenters. The van der Waals surface area contributed by atoms with Crippen molar-refractivity contribution in [2.24, 2.45) is 0 Å². The molecule has 0 fully saturated rings. The Hall–Kier alpha value is -2.02. The van der Waals surface area contributed by atoms with E-state index in [1.807, 2.05) is 4.90 Å². The first-order valence-electron chi connectivity index (χ1n) is 6.53. The fourth-order valence-electron chi connectivity index (χ4n) is 1.39. The zero-order valence-electron chi connectivity index (χ0n) is 12.4. The normalized spacial score (nSPS) is 9.81. The molecule has 0 saturated heterocycles. The quantitative estimate of drug-likeness (QED) is 0.282. The molecule has 0 amide bonds. The van der Waals surface area contributed by atoms with Crippen LogP contribution >= 0.6 is 0 Å². The molecule has 0 aliphatic heterocycles. The van der Waals surface area contributed by atoms with Gasteiger partial charge in [-0.15, -0.1) is 0 Å². The summed E-state index contributed by atoms with van der Waals surface area (Å²) in [6.45, 7) is 9.20. The van der Waals surface area contributed by atoms with Crippen molar-refractivity contribution in [2.75, 3.05) is 46.6 Å². The Morgan fingerprint density at radius 3 is 2.05 bits per heavy atom. The molecule has 120 valence electrons. The summed E-state index contributed by atoms with van der Waals surface area (Å²) in [6.07, 6.45) is 2.89. The first-order valence-corrected chi connectivity index (χ1v) is 6.53. The highest BCUT2D eigenvalue weighted by molar-refractivity contribution is 5.76. The first kappa shape index (κ1) is 19.0. The topological polar surface area (TPSA) is 74.3 Å². The van der Waals surface area contributed by atoms with Crippen LogP contribution in [0.15, 0.2) is 25.7 Å². The molecule has 21 heavy (non-hydrogen) atoms. The Bertz CT molecular complexity index is 317. The van der Waals surface area contributed by atoms with Crippen molar-refractivity contribution in [3.8, 4) is 0 Å². The average Bonchev–Trinajstić information content (AvgIpc) is 2.49. The molecule has 0 aromatic rings. The molecule has 0 bridgehead atoms. The largest absolute Gasteiger partial charge is 0.500 e. The van der Waals surface area contributed by atoms with Crippen LogP contribution in [0.25, 0.3) is 0 Å². The maximum absolute atomic E-state index is 11.5. The van der Waals surface area contributed by atoms with Crippen LogP contribution in [0.4, 0.5) is 0 Å². The van der Waals surface area contributed by atoms with E-state index in [4.69, 9.17) is 14.2 Å². The molecule has 0 aliphatic carbocycles. The summed E-state index contributed by atoms with van der Waals surface area (Å²) < 4.78 is 19.2. The van der Waals surface area contributed by atoms with Crippen molar-refractivity contribution in [3.05, 3.63) is 25.7 Å². The predicted octanol–water partition coefficient (Wildman–Crippen LogP) is 0.715. The van der Waals surface area contributed by atoms with Crippen LogP contribution < -0.4 is 0 Å². The van der Waals surface area contributed by atoms with Crippen molar-refractivity contribution in [3.63, 3.8) is 0 Å². The van der Waals surface area contributed by atoms with Gasteiger partial charge in [-0.2, -0.15) is 0 Å². The second kappa shape index (κ2) is 13.0. The molecule has 0 N–H and O–H groups in total. The van der Waals surface area contributed by atoms with Gasteiger partial charge in [-0.25, -0.2) is 4.79 Å². The van der Waals surface area contributed by atoms with Gasteiger partial charge in [0.2, 0.25) is 0 Å². The highest BCUT2D eigenvalue weighted by Crippen LogP contribution is 1.96. The highest BCUT2D eigenvalue weighted by atomic mass is 16.6. The van der Waals surface area contributed by atoms with Gasteiger partial charge in [0, 0.05) is 19.6 Å². The summed E-state index contributed by atoms with van der Waals surface area (Å²) in [5.41, 5.74) is 0. The molecule has 0 saturated carbocycles. The van der Waals surface area contributed by atoms with Crippen LogP contribution in [0.3, 0.4) is 0 Å². The zero-order chi connectivity index (χ0) is 15.9. The summed E-state index contributed by atoms with van der Waals surface area (Å²) in [5, 5.41) is 0. The molecule has 0 spiro atoms. The summed E-state index contributed by atoms with van der Waals surface area (Å²) in [5.74, 6) is -1.04. The van der Waals surface area contributed by atoms with Gasteiger partial charge in [0.15, 0.2) is 6.61 Å². The number of rotatable bonds is 13. The summed E-state index contributed by atoms with van der Waals surface area (Å²) in [7, 11) is 1.23. The summed E-state index contributed by atoms with van der Waals surface area (Å²) in [6, 6.07) is 0. The second-order valence-corrected chi connectivity index (χ2v) is 3.90. The lowest BCUT2D eigenvalue weighted by atomic mass is 10.3. The Balaban J connectivity index is 4.00. The van der Waals surface area contributed by atoms with E-state index in [2.05, 4.69) is 17.9 Å². The number of ether oxygens (including phenoxy) is 4. The number of hydrogen-bond donors (Lipinski definition) is 0. The molecule has 0 aromatic carbocycles. The third-order valence-corrected chi connectivity index (χ3v) is 2.50. The van der Waals surface area contributed by atoms with Crippen molar-refractivity contribution >= 4 is 11.9 Å². The number of esters is 2. The van der Waals surface area contributed by atoms with Crippen molar-refractivity contribution in [1.82, 2.24) is 4.90 Å². The van der Waals surface area contributed by atoms with Crippen LogP contribution in [-0.4, -0.2) is 63.4 Å². The summed E-state index contributed by atoms with van der Waals surface area (Å²) >= 11 is 0. The number of methoxy groups -OCH3 is 1. The third kappa shape index (κ3) is 11.5. The molecule has 0 radical (unpaired) electrons. The van der Waals surface area contributed by atoms with Gasteiger partial charge < -0.3 is 18.9 Å². The molecular formula is C14H23NO6. The van der Waals surface area contributed by atoms with E-state index < -0.39 is 11.9 Å². The molecule has 0 aromatic heterocycles. The van der Waals surface area contributed by atoms with Crippen LogP contribution in [-0.2, 0) is 28.5 Å². The third-order valence-electron chi connectivity index (χ3n) is 2.50. The van der Waals surface area contributed by atoms with Gasteiger partial charge in [-0.05, 0) is 0 Å². The van der Waals surface area contributed by atoms with Gasteiger partial charge in [-0.3, -0.25) is 9.69 Å². The molecule has 7 heteroatoms. The van der Waals surface area contributed by atoms with E-state index in [0.717, 1.165) is 0 Å². The standard InChI is InChI=1S/C14H23NO6/c1-4-19-10-8-15(9-11-20-5-2)7-6-13(16)21-12-14(17)18-3/h4-5H,1-2,6-12H2,3H3. The van der Waals surface area contributed by atoms with Crippen molar-refractivity contribution in [1.29, 1.82) is 0 Å². The van der Waals surface area contributed by atoms with E-state index >= 15 is 0 Å². The van der Waals surface area contributed by atoms with Crippen LogP contribution in [0.5, 0.6) is 0 Å². The monoisotopic (exact) mass is 301 g/mol. The van der Waals surface area contributed by atoms with Gasteiger partial charge in [0.25, 0.3) is 0 Å². The van der Waals surface area contributed by atoms with Gasteiger partial charge in [-0.1, -0.05) is 13.2 Å². The Kier molecular flexibility index (Phi) is 11.7. The van der Waals surface area contributed by atoms with Gasteiger partial charge in [0.05, 0.1) is 39.3 Å². The fraction of sp³-hybridized carbons (Fsp3) is 0.571. The summed E-state index contributed by atoms with van der Waals surface area (Å²) in [4.78, 5) is 24.3. The molecule has 0 heterocycles. The SMILES string of the molecule is C=COCCN(CCOC=C)CCC(=O)OCC(=O)OC. The number of carbonyl (C=O) groups excluding carboxylic acids is 2. The molecule has 0 aliphatic rings. The van der Waals surface area contributed by atoms with E-state index in [1.165, 1.54) is 19.6 Å². The lowest BCUT2D eigenvalue weighted by Gasteiger charge is -2.21. The minimum Gasteiger partial charge on any atom is -0.500 e. The van der Waals surface area contributed by atoms with Crippen LogP contribution in [0.2, 0.25) is 0 Å². The van der Waals surface area contributed by atoms with Gasteiger partial charge in [0.1, 0.15) is 0 Å². The van der Waals surface area contributed by atoms with Crippen LogP contribution in [0, 0.1) is 0 Å². The molecule has 7 nitrogen and oxygen atoms in total. The van der Waals surface area contributed by atoms with E-state index in [-0.39, 0.29) is 13.0 Å². The Morgan fingerprint density at radius 2 is 1.57 bits per heavy atom. The predicted molar refractivity (Wildman–Crippen MR) is 76.3 cm³/mol. The van der Waals surface area contributed by atoms with Crippen LogP contribution in [0.1, 0.15) is 6.42 Å². The number of nitrogens with zero attached hydrogens (tertiary/aromatic N) is 1. The zero-order valence-corrected chi connectivity index (χ0v) is 12.4. The average molecular weight is 301 g/mol. The molecular weight excluding hydrogens is 278 g/mol. The minimum atomic E-state index is -0.584. The highest BCUT2D eigenvalue weighted by Gasteiger charge is 2.11. The van der Waals surface area contributed by atoms with Crippen molar-refractivity contribution in [2.45, 2.75) is 6.42 Å². The van der Waals surface area contributed by atoms with Gasteiger partial charge >= 0.3 is 11.9 Å². The first-order chi connectivity index (χ1) is 10.1. The minimum absolute atomic E-state index is 0.166. The van der Waals surface area contributed by atoms with E-state index in [0.29, 0.717) is 32.8 Å². The van der Waals surface area contributed by atoms with E-state index in [1.54, 1.807) is 0 Å². The molecule has 0 rings (SSSR count). The Labute approximate surface area is 125 Å². The number of hydrogen-bond acceptors (Lipinski definition) is 7. The fourth-order valence-corrected chi connectivity index (χ4v) is 1.39. The Morgan fingerprint density at radius 1 is 1.00 bits per heavy atom. The lowest BCUT2D eigenvalue weighted by molar-refractivity contribution is -0.157. The lowest BCUT2D eigenvalue weighted by Crippen LogP contribution is -2.33. The van der Waals surface area contributed by atoms with Crippen molar-refractivity contribution < 1.29 is 28.5 Å². The smallest absolute Gasteiger partial charge is 0.344 e.